The second-order valence-corrected chi connectivity index (χ2v) is 7.39. The summed E-state index contributed by atoms with van der Waals surface area (Å²) in [4.78, 5) is 17.4. The first-order valence-electron chi connectivity index (χ1n) is 7.80. The topological polar surface area (TPSA) is 42.0 Å². The monoisotopic (exact) mass is 398 g/mol. The molecule has 1 N–H and O–H groups in total. The first kappa shape index (κ1) is 17.0. The predicted molar refractivity (Wildman–Crippen MR) is 109 cm³/mol. The molecule has 2 aromatic heterocycles. The number of aromatic nitrogens is 1. The predicted octanol–water partition coefficient (Wildman–Crippen LogP) is 6.58. The molecule has 0 bridgehead atoms. The van der Waals surface area contributed by atoms with Gasteiger partial charge >= 0.3 is 0 Å². The number of halogens is 2. The van der Waals surface area contributed by atoms with Gasteiger partial charge in [0.15, 0.2) is 0 Å². The third-order valence-corrected chi connectivity index (χ3v) is 5.64. The number of benzene rings is 2. The summed E-state index contributed by atoms with van der Waals surface area (Å²) >= 11 is 13.7. The van der Waals surface area contributed by atoms with Gasteiger partial charge in [-0.1, -0.05) is 47.5 Å². The summed E-state index contributed by atoms with van der Waals surface area (Å²) in [6.07, 6.45) is 3.58. The number of thiophene rings is 1. The van der Waals surface area contributed by atoms with E-state index in [-0.39, 0.29) is 5.78 Å². The van der Waals surface area contributed by atoms with E-state index in [1.165, 1.54) is 11.3 Å². The lowest BCUT2D eigenvalue weighted by Gasteiger charge is -2.11. The van der Waals surface area contributed by atoms with Crippen LogP contribution in [0.25, 0.3) is 10.8 Å². The Labute approximate surface area is 164 Å². The second-order valence-electron chi connectivity index (χ2n) is 5.65. The van der Waals surface area contributed by atoms with E-state index in [1.54, 1.807) is 29.8 Å². The molecule has 0 radical (unpaired) electrons. The number of rotatable bonds is 4. The standard InChI is InChI=1S/C20H12Cl2N2OS/c21-16-7-8-26-20(16)19(25)15-6-5-13(9-17(15)22)24-18-11-23-10-12-3-1-2-4-14(12)18/h1-11,24H. The van der Waals surface area contributed by atoms with Crippen molar-refractivity contribution in [1.29, 1.82) is 0 Å². The van der Waals surface area contributed by atoms with Gasteiger partial charge in [0.25, 0.3) is 0 Å². The molecule has 0 spiro atoms. The van der Waals surface area contributed by atoms with E-state index >= 15 is 0 Å². The van der Waals surface area contributed by atoms with Crippen LogP contribution in [-0.2, 0) is 0 Å². The van der Waals surface area contributed by atoms with Gasteiger partial charge in [0, 0.05) is 28.2 Å². The molecule has 0 aliphatic heterocycles. The number of hydrogen-bond donors (Lipinski definition) is 1. The SMILES string of the molecule is O=C(c1ccc(Nc2cncc3ccccc23)cc1Cl)c1sccc1Cl. The number of fused-ring (bicyclic) bond motifs is 1. The molecule has 0 saturated heterocycles. The lowest BCUT2D eigenvalue weighted by atomic mass is 10.1. The number of ketones is 1. The Hall–Kier alpha value is -2.40. The molecule has 0 aliphatic carbocycles. The maximum atomic E-state index is 12.6. The number of carbonyl (C=O) groups excluding carboxylic acids is 1. The van der Waals surface area contributed by atoms with Crippen molar-refractivity contribution in [3.05, 3.63) is 86.8 Å². The minimum Gasteiger partial charge on any atom is -0.354 e. The fourth-order valence-electron chi connectivity index (χ4n) is 2.73. The molecule has 4 rings (SSSR count). The Morgan fingerprint density at radius 3 is 2.62 bits per heavy atom. The molecule has 0 atom stereocenters. The van der Waals surface area contributed by atoms with Crippen molar-refractivity contribution in [3.8, 4) is 0 Å². The molecule has 0 unspecified atom stereocenters. The van der Waals surface area contributed by atoms with Crippen molar-refractivity contribution in [1.82, 2.24) is 4.98 Å². The summed E-state index contributed by atoms with van der Waals surface area (Å²) in [5.74, 6) is -0.173. The van der Waals surface area contributed by atoms with Crippen LogP contribution in [0.3, 0.4) is 0 Å². The highest BCUT2D eigenvalue weighted by Crippen LogP contribution is 2.31. The molecule has 0 amide bonds. The van der Waals surface area contributed by atoms with Gasteiger partial charge in [-0.05, 0) is 29.6 Å². The molecule has 6 heteroatoms. The van der Waals surface area contributed by atoms with Gasteiger partial charge in [-0.2, -0.15) is 0 Å². The fraction of sp³-hybridized carbons (Fsp3) is 0. The lowest BCUT2D eigenvalue weighted by Crippen LogP contribution is -2.01. The quantitative estimate of drug-likeness (QED) is 0.394. The van der Waals surface area contributed by atoms with E-state index in [4.69, 9.17) is 23.2 Å². The van der Waals surface area contributed by atoms with E-state index in [2.05, 4.69) is 10.3 Å². The fourth-order valence-corrected chi connectivity index (χ4v) is 4.09. The minimum atomic E-state index is -0.173. The van der Waals surface area contributed by atoms with Crippen LogP contribution in [0.2, 0.25) is 10.0 Å². The molecule has 0 fully saturated rings. The number of nitrogens with zero attached hydrogens (tertiary/aromatic N) is 1. The smallest absolute Gasteiger partial charge is 0.205 e. The van der Waals surface area contributed by atoms with E-state index in [0.29, 0.717) is 20.5 Å². The molecule has 128 valence electrons. The number of nitrogens with one attached hydrogen (secondary N) is 1. The highest BCUT2D eigenvalue weighted by Gasteiger charge is 2.17. The van der Waals surface area contributed by atoms with Crippen LogP contribution in [0.5, 0.6) is 0 Å². The average molecular weight is 399 g/mol. The number of anilines is 2. The number of pyridine rings is 1. The van der Waals surface area contributed by atoms with Crippen molar-refractivity contribution < 1.29 is 4.79 Å². The molecule has 2 aromatic carbocycles. The summed E-state index contributed by atoms with van der Waals surface area (Å²) < 4.78 is 0. The Kier molecular flexibility index (Phi) is 4.64. The van der Waals surface area contributed by atoms with E-state index in [0.717, 1.165) is 22.1 Å². The summed E-state index contributed by atoms with van der Waals surface area (Å²) in [5, 5.41) is 8.02. The first-order chi connectivity index (χ1) is 12.6. The molecule has 0 saturated carbocycles. The highest BCUT2D eigenvalue weighted by atomic mass is 35.5. The molecule has 4 aromatic rings. The maximum Gasteiger partial charge on any atom is 0.205 e. The van der Waals surface area contributed by atoms with Gasteiger partial charge in [0.1, 0.15) is 0 Å². The first-order valence-corrected chi connectivity index (χ1v) is 9.44. The van der Waals surface area contributed by atoms with Crippen molar-refractivity contribution in [2.24, 2.45) is 0 Å². The van der Waals surface area contributed by atoms with Crippen LogP contribution in [0.1, 0.15) is 15.2 Å². The van der Waals surface area contributed by atoms with Crippen molar-refractivity contribution in [3.63, 3.8) is 0 Å². The molecular formula is C20H12Cl2N2OS. The van der Waals surface area contributed by atoms with Crippen LogP contribution in [0.4, 0.5) is 11.4 Å². The zero-order valence-corrected chi connectivity index (χ0v) is 15.7. The van der Waals surface area contributed by atoms with Crippen LogP contribution in [-0.4, -0.2) is 10.8 Å². The summed E-state index contributed by atoms with van der Waals surface area (Å²) in [7, 11) is 0. The number of carbonyl (C=O) groups is 1. The maximum absolute atomic E-state index is 12.6. The van der Waals surface area contributed by atoms with Crippen LogP contribution in [0, 0.1) is 0 Å². The third-order valence-electron chi connectivity index (χ3n) is 3.98. The van der Waals surface area contributed by atoms with E-state index in [9.17, 15) is 4.79 Å². The van der Waals surface area contributed by atoms with Gasteiger partial charge in [0.05, 0.1) is 26.8 Å². The minimum absolute atomic E-state index is 0.173. The van der Waals surface area contributed by atoms with Gasteiger partial charge < -0.3 is 5.32 Å². The molecular weight excluding hydrogens is 387 g/mol. The molecule has 2 heterocycles. The van der Waals surface area contributed by atoms with E-state index in [1.807, 2.05) is 36.5 Å². The van der Waals surface area contributed by atoms with Gasteiger partial charge in [-0.25, -0.2) is 0 Å². The van der Waals surface area contributed by atoms with Gasteiger partial charge in [-0.3, -0.25) is 9.78 Å². The van der Waals surface area contributed by atoms with Crippen molar-refractivity contribution >= 4 is 62.5 Å². The Balaban J connectivity index is 1.66. The van der Waals surface area contributed by atoms with Crippen LogP contribution in [0.15, 0.2) is 66.3 Å². The zero-order valence-electron chi connectivity index (χ0n) is 13.4. The average Bonchev–Trinajstić information content (AvgIpc) is 3.08. The van der Waals surface area contributed by atoms with Gasteiger partial charge in [0.2, 0.25) is 5.78 Å². The Morgan fingerprint density at radius 1 is 1.00 bits per heavy atom. The van der Waals surface area contributed by atoms with Gasteiger partial charge in [-0.15, -0.1) is 11.3 Å². The van der Waals surface area contributed by atoms with E-state index < -0.39 is 0 Å². The Morgan fingerprint density at radius 2 is 1.85 bits per heavy atom. The largest absolute Gasteiger partial charge is 0.354 e. The summed E-state index contributed by atoms with van der Waals surface area (Å²) in [6.45, 7) is 0. The molecule has 0 aliphatic rings. The third kappa shape index (κ3) is 3.19. The van der Waals surface area contributed by atoms with Crippen LogP contribution < -0.4 is 5.32 Å². The number of hydrogen-bond acceptors (Lipinski definition) is 4. The van der Waals surface area contributed by atoms with Crippen molar-refractivity contribution in [2.45, 2.75) is 0 Å². The zero-order chi connectivity index (χ0) is 18.1. The summed E-state index contributed by atoms with van der Waals surface area (Å²) in [6, 6.07) is 15.0. The highest BCUT2D eigenvalue weighted by molar-refractivity contribution is 7.13. The summed E-state index contributed by atoms with van der Waals surface area (Å²) in [5.41, 5.74) is 2.08. The second kappa shape index (κ2) is 7.08. The molecule has 3 nitrogen and oxygen atoms in total. The van der Waals surface area contributed by atoms with Crippen molar-refractivity contribution in [2.75, 3.05) is 5.32 Å². The Bertz CT molecular complexity index is 1120. The normalized spacial score (nSPS) is 10.8. The van der Waals surface area contributed by atoms with Crippen LogP contribution >= 0.6 is 34.5 Å². The lowest BCUT2D eigenvalue weighted by molar-refractivity contribution is 0.104. The molecule has 26 heavy (non-hydrogen) atoms.